The molecule has 0 radical (unpaired) electrons. The first-order valence-electron chi connectivity index (χ1n) is 9.98. The van der Waals surface area contributed by atoms with Gasteiger partial charge in [-0.15, -0.1) is 12.4 Å². The number of para-hydroxylation sites is 2. The fourth-order valence-electron chi connectivity index (χ4n) is 4.52. The van der Waals surface area contributed by atoms with Crippen LogP contribution in [0.15, 0.2) is 36.4 Å². The van der Waals surface area contributed by atoms with E-state index in [0.717, 1.165) is 31.9 Å². The standard InChI is InChI=1S/C21H27N3O4.ClH/c25-15(14-24-20(27)16-5-1-2-6-17(16)21(24)28)13-22-9-11-23(12-10-22)18-7-3-4-8-19(18)26;/h1-4,7-8,15-17,25-26H,5-6,9-14H2;1H. The number of anilines is 1. The Hall–Kier alpha value is -2.09. The lowest BCUT2D eigenvalue weighted by Gasteiger charge is -2.37. The zero-order valence-electron chi connectivity index (χ0n) is 16.3. The van der Waals surface area contributed by atoms with Gasteiger partial charge in [-0.1, -0.05) is 24.3 Å². The van der Waals surface area contributed by atoms with Gasteiger partial charge < -0.3 is 15.1 Å². The van der Waals surface area contributed by atoms with Gasteiger partial charge in [0.2, 0.25) is 11.8 Å². The molecule has 4 rings (SSSR count). The number of benzene rings is 1. The van der Waals surface area contributed by atoms with Crippen molar-refractivity contribution < 1.29 is 19.8 Å². The van der Waals surface area contributed by atoms with Crippen LogP contribution in [-0.2, 0) is 9.59 Å². The number of aliphatic hydroxyl groups is 1. The summed E-state index contributed by atoms with van der Waals surface area (Å²) in [6.45, 7) is 3.51. The molecule has 1 aromatic carbocycles. The smallest absolute Gasteiger partial charge is 0.233 e. The molecule has 2 fully saturated rings. The van der Waals surface area contributed by atoms with Crippen molar-refractivity contribution in [1.82, 2.24) is 9.80 Å². The van der Waals surface area contributed by atoms with Crippen LogP contribution in [0.5, 0.6) is 5.75 Å². The van der Waals surface area contributed by atoms with E-state index in [1.54, 1.807) is 12.1 Å². The average molecular weight is 422 g/mol. The Morgan fingerprint density at radius 2 is 1.52 bits per heavy atom. The number of hydrogen-bond acceptors (Lipinski definition) is 6. The highest BCUT2D eigenvalue weighted by atomic mass is 35.5. The van der Waals surface area contributed by atoms with Crippen LogP contribution in [0, 0.1) is 11.8 Å². The molecular weight excluding hydrogens is 394 g/mol. The molecule has 8 heteroatoms. The fourth-order valence-corrected chi connectivity index (χ4v) is 4.52. The Labute approximate surface area is 177 Å². The Morgan fingerprint density at radius 1 is 0.931 bits per heavy atom. The number of phenols is 1. The second-order valence-electron chi connectivity index (χ2n) is 7.87. The van der Waals surface area contributed by atoms with Gasteiger partial charge in [0.25, 0.3) is 0 Å². The minimum Gasteiger partial charge on any atom is -0.506 e. The molecule has 2 saturated heterocycles. The minimum atomic E-state index is -0.752. The zero-order valence-corrected chi connectivity index (χ0v) is 17.1. The summed E-state index contributed by atoms with van der Waals surface area (Å²) in [4.78, 5) is 30.6. The number of halogens is 1. The molecule has 3 atom stereocenters. The predicted molar refractivity (Wildman–Crippen MR) is 112 cm³/mol. The number of phenolic OH excluding ortho intramolecular Hbond substituents is 1. The molecule has 3 unspecified atom stereocenters. The van der Waals surface area contributed by atoms with Crippen LogP contribution in [0.25, 0.3) is 0 Å². The summed E-state index contributed by atoms with van der Waals surface area (Å²) in [6.07, 6.45) is 4.43. The first-order valence-corrected chi connectivity index (χ1v) is 9.98. The van der Waals surface area contributed by atoms with E-state index in [1.807, 2.05) is 24.3 Å². The predicted octanol–water partition coefficient (Wildman–Crippen LogP) is 1.25. The van der Waals surface area contributed by atoms with E-state index in [-0.39, 0.29) is 48.4 Å². The maximum atomic E-state index is 12.5. The number of nitrogens with zero attached hydrogens (tertiary/aromatic N) is 3. The average Bonchev–Trinajstić information content (AvgIpc) is 2.94. The lowest BCUT2D eigenvalue weighted by atomic mass is 9.85. The summed E-state index contributed by atoms with van der Waals surface area (Å²) >= 11 is 0. The van der Waals surface area contributed by atoms with Gasteiger partial charge in [-0.2, -0.15) is 0 Å². The molecular formula is C21H28ClN3O4. The fraction of sp³-hybridized carbons (Fsp3) is 0.524. The van der Waals surface area contributed by atoms with Crippen molar-refractivity contribution in [2.24, 2.45) is 11.8 Å². The van der Waals surface area contributed by atoms with Crippen molar-refractivity contribution in [2.45, 2.75) is 18.9 Å². The molecule has 158 valence electrons. The van der Waals surface area contributed by atoms with Crippen LogP contribution < -0.4 is 4.90 Å². The van der Waals surface area contributed by atoms with Crippen LogP contribution in [0.1, 0.15) is 12.8 Å². The van der Waals surface area contributed by atoms with E-state index in [9.17, 15) is 19.8 Å². The highest BCUT2D eigenvalue weighted by molar-refractivity contribution is 6.05. The van der Waals surface area contributed by atoms with Gasteiger partial charge in [0.05, 0.1) is 30.2 Å². The quantitative estimate of drug-likeness (QED) is 0.550. The summed E-state index contributed by atoms with van der Waals surface area (Å²) in [5.74, 6) is -0.484. The van der Waals surface area contributed by atoms with E-state index in [0.29, 0.717) is 19.4 Å². The SMILES string of the molecule is Cl.O=C1C2CC=CCC2C(=O)N1CC(O)CN1CCN(c2ccccc2O)CC1. The number of aliphatic hydroxyl groups excluding tert-OH is 1. The number of piperazine rings is 1. The largest absolute Gasteiger partial charge is 0.506 e. The van der Waals surface area contributed by atoms with Crippen molar-refractivity contribution in [3.05, 3.63) is 36.4 Å². The second kappa shape index (κ2) is 9.15. The third-order valence-corrected chi connectivity index (χ3v) is 6.06. The van der Waals surface area contributed by atoms with Crippen molar-refractivity contribution >= 4 is 29.9 Å². The Kier molecular flexibility index (Phi) is 6.82. The van der Waals surface area contributed by atoms with Crippen molar-refractivity contribution in [3.8, 4) is 5.75 Å². The molecule has 2 heterocycles. The number of imide groups is 1. The number of likely N-dealkylation sites (tertiary alicyclic amines) is 1. The maximum Gasteiger partial charge on any atom is 0.233 e. The third-order valence-electron chi connectivity index (χ3n) is 6.06. The van der Waals surface area contributed by atoms with E-state index >= 15 is 0 Å². The summed E-state index contributed by atoms with van der Waals surface area (Å²) in [5, 5.41) is 20.5. The number of allylic oxidation sites excluding steroid dienone is 2. The molecule has 1 aromatic rings. The first kappa shape index (κ1) is 21.6. The molecule has 29 heavy (non-hydrogen) atoms. The van der Waals surface area contributed by atoms with Crippen LogP contribution >= 0.6 is 12.4 Å². The van der Waals surface area contributed by atoms with Crippen LogP contribution in [0.2, 0.25) is 0 Å². The van der Waals surface area contributed by atoms with Crippen molar-refractivity contribution in [2.75, 3.05) is 44.2 Å². The van der Waals surface area contributed by atoms with Crippen molar-refractivity contribution in [1.29, 1.82) is 0 Å². The number of rotatable bonds is 5. The number of aromatic hydroxyl groups is 1. The van der Waals surface area contributed by atoms with E-state index in [2.05, 4.69) is 9.80 Å². The lowest BCUT2D eigenvalue weighted by Crippen LogP contribution is -2.50. The maximum absolute atomic E-state index is 12.5. The van der Waals surface area contributed by atoms with E-state index in [1.165, 1.54) is 4.90 Å². The Bertz CT molecular complexity index is 753. The molecule has 0 bridgehead atoms. The van der Waals surface area contributed by atoms with Crippen LogP contribution in [0.4, 0.5) is 5.69 Å². The number of amides is 2. The Balaban J connectivity index is 0.00000240. The molecule has 2 N–H and O–H groups in total. The highest BCUT2D eigenvalue weighted by Crippen LogP contribution is 2.35. The molecule has 2 amide bonds. The Morgan fingerprint density at radius 3 is 2.10 bits per heavy atom. The zero-order chi connectivity index (χ0) is 19.7. The van der Waals surface area contributed by atoms with E-state index in [4.69, 9.17) is 0 Å². The van der Waals surface area contributed by atoms with Gasteiger partial charge >= 0.3 is 0 Å². The van der Waals surface area contributed by atoms with Gasteiger partial charge in [0, 0.05) is 32.7 Å². The molecule has 3 aliphatic rings. The molecule has 0 saturated carbocycles. The molecule has 0 aromatic heterocycles. The molecule has 0 spiro atoms. The topological polar surface area (TPSA) is 84.3 Å². The number of carbonyl (C=O) groups excluding carboxylic acids is 2. The summed E-state index contributed by atoms with van der Waals surface area (Å²) in [5.41, 5.74) is 0.826. The molecule has 2 aliphatic heterocycles. The second-order valence-corrected chi connectivity index (χ2v) is 7.87. The summed E-state index contributed by atoms with van der Waals surface area (Å²) in [7, 11) is 0. The number of hydrogen-bond donors (Lipinski definition) is 2. The molecule has 1 aliphatic carbocycles. The van der Waals surface area contributed by atoms with Gasteiger partial charge in [0.15, 0.2) is 0 Å². The van der Waals surface area contributed by atoms with Crippen LogP contribution in [-0.4, -0.2) is 77.2 Å². The van der Waals surface area contributed by atoms with Gasteiger partial charge in [-0.05, 0) is 25.0 Å². The highest BCUT2D eigenvalue weighted by Gasteiger charge is 2.47. The van der Waals surface area contributed by atoms with Gasteiger partial charge in [-0.25, -0.2) is 0 Å². The summed E-state index contributed by atoms with van der Waals surface area (Å²) < 4.78 is 0. The number of carbonyl (C=O) groups is 2. The van der Waals surface area contributed by atoms with Crippen LogP contribution in [0.3, 0.4) is 0 Å². The normalized spacial score (nSPS) is 25.7. The van der Waals surface area contributed by atoms with Gasteiger partial charge in [-0.3, -0.25) is 19.4 Å². The van der Waals surface area contributed by atoms with Gasteiger partial charge in [0.1, 0.15) is 5.75 Å². The van der Waals surface area contributed by atoms with E-state index < -0.39 is 6.10 Å². The lowest BCUT2D eigenvalue weighted by molar-refractivity contribution is -0.141. The number of fused-ring (bicyclic) bond motifs is 1. The van der Waals surface area contributed by atoms with Crippen molar-refractivity contribution in [3.63, 3.8) is 0 Å². The third kappa shape index (κ3) is 4.42. The monoisotopic (exact) mass is 421 g/mol. The number of β-amino-alcohol motifs (C(OH)–C–C–N with tert-alkyl or cyclic N) is 1. The summed E-state index contributed by atoms with van der Waals surface area (Å²) in [6, 6.07) is 7.29. The first-order chi connectivity index (χ1) is 13.5. The molecule has 7 nitrogen and oxygen atoms in total. The minimum absolute atomic E-state index is 0.